The van der Waals surface area contributed by atoms with E-state index in [0.717, 1.165) is 0 Å². The van der Waals surface area contributed by atoms with Crippen molar-refractivity contribution in [3.05, 3.63) is 0 Å². The molecular formula is C2H3N2O2. The number of carbonyl (C=O) groups excluding carboxylic acids is 1. The van der Waals surface area contributed by atoms with Crippen LogP contribution >= 0.6 is 0 Å². The van der Waals surface area contributed by atoms with Crippen LogP contribution in [0.3, 0.4) is 0 Å². The Bertz CT molecular complexity index is 77.6. The summed E-state index contributed by atoms with van der Waals surface area (Å²) < 4.78 is 0. The standard InChI is InChI=1S/C2H3N2O2/c3-2(5)1-4-6/h1,3,6H. The summed E-state index contributed by atoms with van der Waals surface area (Å²) >= 11 is 0. The van der Waals surface area contributed by atoms with Gasteiger partial charge in [0.1, 0.15) is 6.21 Å². The monoisotopic (exact) mass is 87.0 g/mol. The maximum absolute atomic E-state index is 9.40. The Morgan fingerprint density at radius 2 is 2.50 bits per heavy atom. The van der Waals surface area contributed by atoms with Crippen LogP contribution in [0.15, 0.2) is 5.16 Å². The highest BCUT2D eigenvalue weighted by Crippen LogP contribution is 1.48. The quantitative estimate of drug-likeness (QED) is 0.260. The maximum Gasteiger partial charge on any atom is 0.284 e. The SMILES string of the molecule is [NH]C(=O)C=NO. The average molecular weight is 87.1 g/mol. The number of hydrogen-bond acceptors (Lipinski definition) is 3. The molecule has 33 valence electrons. The summed E-state index contributed by atoms with van der Waals surface area (Å²) in [6.45, 7) is 0. The lowest BCUT2D eigenvalue weighted by Crippen LogP contribution is -1.96. The van der Waals surface area contributed by atoms with Crippen LogP contribution in [0.1, 0.15) is 0 Å². The fourth-order valence-electron chi connectivity index (χ4n) is 0.0524. The molecule has 4 heteroatoms. The van der Waals surface area contributed by atoms with Crippen molar-refractivity contribution in [1.82, 2.24) is 5.73 Å². The minimum atomic E-state index is -1.00. The van der Waals surface area contributed by atoms with E-state index in [1.807, 2.05) is 0 Å². The Morgan fingerprint density at radius 3 is 2.50 bits per heavy atom. The van der Waals surface area contributed by atoms with Gasteiger partial charge in [-0.1, -0.05) is 5.16 Å². The number of carbonyl (C=O) groups is 1. The van der Waals surface area contributed by atoms with Crippen LogP contribution in [-0.4, -0.2) is 17.3 Å². The number of nitrogens with one attached hydrogen (secondary N) is 1. The van der Waals surface area contributed by atoms with Crippen molar-refractivity contribution < 1.29 is 10.0 Å². The number of amides is 1. The second-order valence-electron chi connectivity index (χ2n) is 0.609. The van der Waals surface area contributed by atoms with Crippen molar-refractivity contribution in [2.45, 2.75) is 0 Å². The van der Waals surface area contributed by atoms with Crippen molar-refractivity contribution in [2.75, 3.05) is 0 Å². The predicted octanol–water partition coefficient (Wildman–Crippen LogP) is -0.744. The predicted molar refractivity (Wildman–Crippen MR) is 18.4 cm³/mol. The van der Waals surface area contributed by atoms with E-state index in [9.17, 15) is 4.79 Å². The molecule has 0 spiro atoms. The van der Waals surface area contributed by atoms with Gasteiger partial charge in [0.15, 0.2) is 0 Å². The third-order valence-corrected chi connectivity index (χ3v) is 0.175. The number of nitrogens with zero attached hydrogens (tertiary/aromatic N) is 1. The molecule has 2 N–H and O–H groups in total. The second-order valence-corrected chi connectivity index (χ2v) is 0.609. The average Bonchev–Trinajstić information content (AvgIpc) is 1.35. The van der Waals surface area contributed by atoms with Crippen molar-refractivity contribution in [2.24, 2.45) is 5.16 Å². The van der Waals surface area contributed by atoms with Gasteiger partial charge < -0.3 is 5.21 Å². The van der Waals surface area contributed by atoms with Gasteiger partial charge in [-0.15, -0.1) is 0 Å². The van der Waals surface area contributed by atoms with E-state index >= 15 is 0 Å². The molecule has 0 aliphatic rings. The molecule has 0 rings (SSSR count). The van der Waals surface area contributed by atoms with E-state index < -0.39 is 5.91 Å². The van der Waals surface area contributed by atoms with E-state index in [0.29, 0.717) is 6.21 Å². The van der Waals surface area contributed by atoms with Crippen LogP contribution in [0.5, 0.6) is 0 Å². The summed E-state index contributed by atoms with van der Waals surface area (Å²) in [6.07, 6.45) is 0.500. The van der Waals surface area contributed by atoms with E-state index in [1.165, 1.54) is 0 Å². The van der Waals surface area contributed by atoms with Gasteiger partial charge in [0.05, 0.1) is 0 Å². The molecule has 1 amide bonds. The minimum absolute atomic E-state index is 0.500. The van der Waals surface area contributed by atoms with Crippen molar-refractivity contribution in [3.8, 4) is 0 Å². The number of hydrogen-bond donors (Lipinski definition) is 1. The molecule has 0 aromatic heterocycles. The first-order chi connectivity index (χ1) is 2.77. The fraction of sp³-hybridized carbons (Fsp3) is 0. The molecule has 0 bridgehead atoms. The van der Waals surface area contributed by atoms with Crippen LogP contribution in [0.4, 0.5) is 0 Å². The van der Waals surface area contributed by atoms with E-state index in [-0.39, 0.29) is 0 Å². The highest BCUT2D eigenvalue weighted by molar-refractivity contribution is 6.24. The first-order valence-corrected chi connectivity index (χ1v) is 1.20. The van der Waals surface area contributed by atoms with Gasteiger partial charge in [-0.3, -0.25) is 10.5 Å². The minimum Gasteiger partial charge on any atom is -0.411 e. The molecule has 0 aliphatic carbocycles. The molecular weight excluding hydrogens is 84.0 g/mol. The Kier molecular flexibility index (Phi) is 1.81. The summed E-state index contributed by atoms with van der Waals surface area (Å²) in [7, 11) is 0. The second kappa shape index (κ2) is 2.19. The van der Waals surface area contributed by atoms with Crippen LogP contribution in [0, 0.1) is 0 Å². The lowest BCUT2D eigenvalue weighted by molar-refractivity contribution is -0.112. The van der Waals surface area contributed by atoms with Crippen molar-refractivity contribution >= 4 is 12.1 Å². The molecule has 0 unspecified atom stereocenters. The van der Waals surface area contributed by atoms with Gasteiger partial charge in [-0.2, -0.15) is 0 Å². The molecule has 0 saturated carbocycles. The zero-order valence-electron chi connectivity index (χ0n) is 2.88. The smallest absolute Gasteiger partial charge is 0.284 e. The zero-order valence-corrected chi connectivity index (χ0v) is 2.88. The highest BCUT2D eigenvalue weighted by atomic mass is 16.4. The van der Waals surface area contributed by atoms with Gasteiger partial charge in [-0.05, 0) is 0 Å². The Morgan fingerprint density at radius 1 is 2.00 bits per heavy atom. The van der Waals surface area contributed by atoms with Gasteiger partial charge in [0.2, 0.25) is 0 Å². The largest absolute Gasteiger partial charge is 0.411 e. The van der Waals surface area contributed by atoms with Crippen LogP contribution in [0.25, 0.3) is 0 Å². The third-order valence-electron chi connectivity index (χ3n) is 0.175. The molecule has 1 radical (unpaired) electrons. The first kappa shape index (κ1) is 4.94. The zero-order chi connectivity index (χ0) is 4.99. The van der Waals surface area contributed by atoms with Crippen molar-refractivity contribution in [1.29, 1.82) is 0 Å². The first-order valence-electron chi connectivity index (χ1n) is 1.20. The maximum atomic E-state index is 9.40. The molecule has 0 heterocycles. The van der Waals surface area contributed by atoms with E-state index in [2.05, 4.69) is 5.16 Å². The lowest BCUT2D eigenvalue weighted by atomic mass is 10.7. The van der Waals surface area contributed by atoms with Gasteiger partial charge >= 0.3 is 0 Å². The van der Waals surface area contributed by atoms with Crippen molar-refractivity contribution in [3.63, 3.8) is 0 Å². The van der Waals surface area contributed by atoms with Crippen LogP contribution in [0.2, 0.25) is 0 Å². The molecule has 4 nitrogen and oxygen atoms in total. The topological polar surface area (TPSA) is 73.5 Å². The Balaban J connectivity index is 3.30. The number of oxime groups is 1. The summed E-state index contributed by atoms with van der Waals surface area (Å²) in [5.74, 6) is -1.00. The molecule has 0 aliphatic heterocycles. The molecule has 0 saturated heterocycles. The summed E-state index contributed by atoms with van der Waals surface area (Å²) in [6, 6.07) is 0. The fourth-order valence-corrected chi connectivity index (χ4v) is 0.0524. The number of rotatable bonds is 1. The van der Waals surface area contributed by atoms with Crippen LogP contribution in [-0.2, 0) is 4.79 Å². The highest BCUT2D eigenvalue weighted by Gasteiger charge is 1.79. The Labute approximate surface area is 34.2 Å². The molecule has 6 heavy (non-hydrogen) atoms. The van der Waals surface area contributed by atoms with Gasteiger partial charge in [0, 0.05) is 0 Å². The summed E-state index contributed by atoms with van der Waals surface area (Å²) in [5.41, 5.74) is 6.03. The van der Waals surface area contributed by atoms with Crippen LogP contribution < -0.4 is 5.73 Å². The Hall–Kier alpha value is -1.06. The summed E-state index contributed by atoms with van der Waals surface area (Å²) in [4.78, 5) is 9.40. The molecule has 0 fully saturated rings. The lowest BCUT2D eigenvalue weighted by Gasteiger charge is -1.66. The summed E-state index contributed by atoms with van der Waals surface area (Å²) in [5, 5.41) is 9.74. The molecule has 0 aromatic carbocycles. The molecule has 0 atom stereocenters. The molecule has 0 aromatic rings. The normalized spacial score (nSPS) is 9.33. The van der Waals surface area contributed by atoms with E-state index in [4.69, 9.17) is 10.9 Å². The van der Waals surface area contributed by atoms with E-state index in [1.54, 1.807) is 0 Å². The van der Waals surface area contributed by atoms with Gasteiger partial charge in [-0.25, -0.2) is 0 Å². The third kappa shape index (κ3) is 2.94. The van der Waals surface area contributed by atoms with Gasteiger partial charge in [0.25, 0.3) is 5.91 Å².